The van der Waals surface area contributed by atoms with Crippen molar-refractivity contribution in [1.82, 2.24) is 34.9 Å². The molecule has 5 atom stereocenters. The molecule has 3 aliphatic rings. The van der Waals surface area contributed by atoms with Gasteiger partial charge in [-0.2, -0.15) is 5.10 Å². The van der Waals surface area contributed by atoms with E-state index in [2.05, 4.69) is 20.7 Å². The molecule has 46 heavy (non-hydrogen) atoms. The van der Waals surface area contributed by atoms with Crippen LogP contribution in [0.2, 0.25) is 0 Å². The Hall–Kier alpha value is -4.69. The number of alkyl carbamates (subject to hydrolysis) is 1. The standard InChI is InChI=1S/C31H41N7O8/c1-30(2,3)46-29(44)34-21-11-9-7-5-6-8-10-19-15-31(19,28(42)43)35-25(39)22-14-20(17-37(22)26(21)40)38-27(41)24(23(45-4)16-33-38)36-13-12-32-18-36/h8,10,12-13,16,18-22H,5-7,9,11,14-15,17H2,1-4H3,(H,34,44)(H,35,39)(H,42,43)/t19-,20+,21+,22+,31-/m1/s1. The lowest BCUT2D eigenvalue weighted by Gasteiger charge is -2.30. The molecular formula is C31H41N7O8. The lowest BCUT2D eigenvalue weighted by atomic mass is 10.0. The molecule has 5 rings (SSSR count). The Morgan fingerprint density at radius 2 is 1.96 bits per heavy atom. The number of allylic oxidation sites excluding steroid dienone is 1. The number of fused-ring (bicyclic) bond motifs is 2. The van der Waals surface area contributed by atoms with E-state index in [9.17, 15) is 29.1 Å². The summed E-state index contributed by atoms with van der Waals surface area (Å²) in [4.78, 5) is 72.5. The van der Waals surface area contributed by atoms with Gasteiger partial charge in [0.25, 0.3) is 5.56 Å². The summed E-state index contributed by atoms with van der Waals surface area (Å²) in [6.07, 6.45) is 12.3. The monoisotopic (exact) mass is 639 g/mol. The number of carbonyl (C=O) groups excluding carboxylic acids is 3. The maximum Gasteiger partial charge on any atom is 0.408 e. The predicted octanol–water partition coefficient (Wildman–Crippen LogP) is 1.95. The van der Waals surface area contributed by atoms with Gasteiger partial charge in [-0.05, 0) is 46.5 Å². The van der Waals surface area contributed by atoms with Crippen LogP contribution < -0.4 is 20.9 Å². The fraction of sp³-hybridized carbons (Fsp3) is 0.581. The van der Waals surface area contributed by atoms with Gasteiger partial charge in [-0.3, -0.25) is 19.0 Å². The van der Waals surface area contributed by atoms with E-state index in [0.717, 1.165) is 19.3 Å². The first-order valence-corrected chi connectivity index (χ1v) is 15.5. The minimum atomic E-state index is -1.49. The van der Waals surface area contributed by atoms with Crippen molar-refractivity contribution in [3.8, 4) is 11.4 Å². The zero-order chi connectivity index (χ0) is 33.2. The van der Waals surface area contributed by atoms with Gasteiger partial charge in [0, 0.05) is 31.3 Å². The highest BCUT2D eigenvalue weighted by atomic mass is 16.6. The molecule has 2 fully saturated rings. The van der Waals surface area contributed by atoms with Gasteiger partial charge in [-0.25, -0.2) is 19.3 Å². The maximum atomic E-state index is 14.2. The zero-order valence-corrected chi connectivity index (χ0v) is 26.5. The van der Waals surface area contributed by atoms with E-state index in [1.165, 1.54) is 40.0 Å². The molecule has 3 N–H and O–H groups in total. The van der Waals surface area contributed by atoms with Crippen LogP contribution in [0.3, 0.4) is 0 Å². The zero-order valence-electron chi connectivity index (χ0n) is 26.5. The maximum absolute atomic E-state index is 14.2. The summed E-state index contributed by atoms with van der Waals surface area (Å²) >= 11 is 0. The first-order valence-electron chi connectivity index (χ1n) is 15.5. The van der Waals surface area contributed by atoms with Crippen LogP contribution in [0.1, 0.15) is 71.8 Å². The van der Waals surface area contributed by atoms with Crippen molar-refractivity contribution < 1.29 is 33.8 Å². The Kier molecular flexibility index (Phi) is 9.22. The van der Waals surface area contributed by atoms with E-state index in [1.54, 1.807) is 27.0 Å². The quantitative estimate of drug-likeness (QED) is 0.408. The fourth-order valence-corrected chi connectivity index (χ4v) is 6.19. The van der Waals surface area contributed by atoms with Crippen molar-refractivity contribution in [1.29, 1.82) is 0 Å². The van der Waals surface area contributed by atoms with Crippen LogP contribution >= 0.6 is 0 Å². The van der Waals surface area contributed by atoms with Crippen LogP contribution in [0.15, 0.2) is 41.9 Å². The van der Waals surface area contributed by atoms with Gasteiger partial charge in [-0.15, -0.1) is 0 Å². The van der Waals surface area contributed by atoms with Gasteiger partial charge in [0.15, 0.2) is 11.4 Å². The van der Waals surface area contributed by atoms with Gasteiger partial charge in [0.05, 0.1) is 25.7 Å². The van der Waals surface area contributed by atoms with E-state index in [-0.39, 0.29) is 36.7 Å². The highest BCUT2D eigenvalue weighted by Crippen LogP contribution is 2.45. The van der Waals surface area contributed by atoms with E-state index in [0.29, 0.717) is 12.8 Å². The summed E-state index contributed by atoms with van der Waals surface area (Å²) in [6.45, 7) is 5.05. The lowest BCUT2D eigenvalue weighted by Crippen LogP contribution is -2.56. The second-order valence-electron chi connectivity index (χ2n) is 13.0. The number of carbonyl (C=O) groups is 4. The van der Waals surface area contributed by atoms with Crippen molar-refractivity contribution in [2.24, 2.45) is 5.92 Å². The number of hydrogen-bond donors (Lipinski definition) is 3. The minimum Gasteiger partial charge on any atom is -0.493 e. The molecule has 0 bridgehead atoms. The molecule has 3 amide bonds. The van der Waals surface area contributed by atoms with E-state index in [1.807, 2.05) is 12.2 Å². The van der Waals surface area contributed by atoms with Gasteiger partial charge >= 0.3 is 12.1 Å². The normalized spacial score (nSPS) is 27.0. The molecule has 2 aliphatic heterocycles. The highest BCUT2D eigenvalue weighted by molar-refractivity contribution is 5.96. The third-order valence-electron chi connectivity index (χ3n) is 8.60. The van der Waals surface area contributed by atoms with Crippen molar-refractivity contribution in [2.75, 3.05) is 13.7 Å². The Morgan fingerprint density at radius 3 is 2.63 bits per heavy atom. The molecule has 0 aromatic carbocycles. The minimum absolute atomic E-state index is 0.0183. The molecule has 1 saturated heterocycles. The first-order chi connectivity index (χ1) is 21.8. The number of carboxylic acid groups (broad SMARTS) is 1. The van der Waals surface area contributed by atoms with Crippen LogP contribution in [0.4, 0.5) is 4.79 Å². The van der Waals surface area contributed by atoms with Crippen molar-refractivity contribution in [3.05, 3.63) is 47.4 Å². The number of aliphatic carboxylic acids is 1. The number of nitrogens with one attached hydrogen (secondary N) is 2. The number of rotatable bonds is 5. The number of aromatic nitrogens is 4. The van der Waals surface area contributed by atoms with Gasteiger partial charge in [0.2, 0.25) is 11.8 Å². The molecule has 4 heterocycles. The highest BCUT2D eigenvalue weighted by Gasteiger charge is 2.61. The number of nitrogens with zero attached hydrogens (tertiary/aromatic N) is 5. The van der Waals surface area contributed by atoms with Crippen LogP contribution in [-0.2, 0) is 19.1 Å². The molecule has 0 radical (unpaired) electrons. The summed E-state index contributed by atoms with van der Waals surface area (Å²) in [5, 5.41) is 19.8. The molecule has 2 aromatic rings. The molecule has 1 aliphatic carbocycles. The largest absolute Gasteiger partial charge is 0.493 e. The number of hydrogen-bond acceptors (Lipinski definition) is 9. The second kappa shape index (κ2) is 13.0. The number of imidazole rings is 1. The van der Waals surface area contributed by atoms with Crippen LogP contribution in [0.25, 0.3) is 5.69 Å². The SMILES string of the molecule is COc1cnn([C@H]2C[C@H]3C(=O)N[C@]4(C(=O)O)C[C@H]4C=CCCCCC[C@H](NC(=O)OC(C)(C)C)C(=O)N3C2)c(=O)c1-n1ccnc1. The van der Waals surface area contributed by atoms with Crippen LogP contribution in [0.5, 0.6) is 5.75 Å². The molecule has 1 saturated carbocycles. The van der Waals surface area contributed by atoms with Crippen molar-refractivity contribution in [3.63, 3.8) is 0 Å². The number of methoxy groups -OCH3 is 1. The summed E-state index contributed by atoms with van der Waals surface area (Å²) in [5.74, 6) is -2.52. The third-order valence-corrected chi connectivity index (χ3v) is 8.60. The van der Waals surface area contributed by atoms with Gasteiger partial charge in [0.1, 0.15) is 23.2 Å². The Morgan fingerprint density at radius 1 is 1.17 bits per heavy atom. The number of ether oxygens (including phenoxy) is 2. The predicted molar refractivity (Wildman–Crippen MR) is 163 cm³/mol. The lowest BCUT2D eigenvalue weighted by molar-refractivity contribution is -0.145. The Labute approximate surface area is 265 Å². The van der Waals surface area contributed by atoms with E-state index in [4.69, 9.17) is 9.47 Å². The first kappa shape index (κ1) is 32.7. The fourth-order valence-electron chi connectivity index (χ4n) is 6.19. The van der Waals surface area contributed by atoms with Crippen LogP contribution in [-0.4, -0.2) is 90.1 Å². The third kappa shape index (κ3) is 6.77. The Balaban J connectivity index is 1.51. The van der Waals surface area contributed by atoms with Gasteiger partial charge < -0.3 is 30.1 Å². The smallest absolute Gasteiger partial charge is 0.408 e. The molecule has 15 heteroatoms. The molecular weight excluding hydrogens is 598 g/mol. The summed E-state index contributed by atoms with van der Waals surface area (Å²) < 4.78 is 13.5. The molecule has 248 valence electrons. The molecule has 15 nitrogen and oxygen atoms in total. The second-order valence-corrected chi connectivity index (χ2v) is 13.0. The van der Waals surface area contributed by atoms with Gasteiger partial charge in [-0.1, -0.05) is 25.0 Å². The topological polar surface area (TPSA) is 187 Å². The van der Waals surface area contributed by atoms with Crippen LogP contribution in [0, 0.1) is 5.92 Å². The summed E-state index contributed by atoms with van der Waals surface area (Å²) in [7, 11) is 1.41. The molecule has 0 unspecified atom stereocenters. The average Bonchev–Trinajstić information content (AvgIpc) is 3.30. The summed E-state index contributed by atoms with van der Waals surface area (Å²) in [5.41, 5.74) is -2.67. The number of amides is 3. The van der Waals surface area contributed by atoms with E-state index >= 15 is 0 Å². The summed E-state index contributed by atoms with van der Waals surface area (Å²) in [6, 6.07) is -2.91. The average molecular weight is 640 g/mol. The Bertz CT molecular complexity index is 1560. The van der Waals surface area contributed by atoms with E-state index < -0.39 is 58.7 Å². The number of carboxylic acids is 1. The van der Waals surface area contributed by atoms with Crippen molar-refractivity contribution in [2.45, 2.75) is 95.0 Å². The van der Waals surface area contributed by atoms with Crippen molar-refractivity contribution >= 4 is 23.9 Å². The molecule has 0 spiro atoms. The molecule has 2 aromatic heterocycles.